The van der Waals surface area contributed by atoms with Crippen molar-refractivity contribution in [1.29, 1.82) is 0 Å². The molecule has 2 fully saturated rings. The molecule has 30 heavy (non-hydrogen) atoms. The van der Waals surface area contributed by atoms with Gasteiger partial charge in [0.05, 0.1) is 23.4 Å². The molecule has 2 amide bonds. The Morgan fingerprint density at radius 1 is 1.13 bits per heavy atom. The van der Waals surface area contributed by atoms with Crippen LogP contribution in [0.2, 0.25) is 0 Å². The number of nitrogens with one attached hydrogen (secondary N) is 2. The van der Waals surface area contributed by atoms with Gasteiger partial charge in [0.15, 0.2) is 9.84 Å². The van der Waals surface area contributed by atoms with Crippen LogP contribution in [0, 0.1) is 5.92 Å². The number of nitrogens with zero attached hydrogens (tertiary/aromatic N) is 1. The number of ether oxygens (including phenoxy) is 1. The van der Waals surface area contributed by atoms with E-state index in [9.17, 15) is 13.2 Å². The van der Waals surface area contributed by atoms with Gasteiger partial charge < -0.3 is 15.4 Å². The number of anilines is 1. The van der Waals surface area contributed by atoms with Crippen LogP contribution in [0.3, 0.4) is 0 Å². The molecular weight excluding hydrogens is 402 g/mol. The van der Waals surface area contributed by atoms with Gasteiger partial charge in [-0.3, -0.25) is 4.90 Å². The molecule has 1 saturated heterocycles. The molecule has 1 aromatic carbocycles. The second kappa shape index (κ2) is 10.6. The zero-order valence-corrected chi connectivity index (χ0v) is 18.9. The molecule has 1 heterocycles. The van der Waals surface area contributed by atoms with Crippen LogP contribution >= 0.6 is 0 Å². The molecule has 0 bridgehead atoms. The van der Waals surface area contributed by atoms with Crippen LogP contribution in [0.4, 0.5) is 10.5 Å². The monoisotopic (exact) mass is 437 g/mol. The molecule has 1 saturated carbocycles. The largest absolute Gasteiger partial charge is 0.379 e. The number of hydrogen-bond acceptors (Lipinski definition) is 5. The zero-order valence-electron chi connectivity index (χ0n) is 18.1. The first-order valence-electron chi connectivity index (χ1n) is 11.1. The van der Waals surface area contributed by atoms with Crippen molar-refractivity contribution in [2.75, 3.05) is 38.2 Å². The molecule has 8 heteroatoms. The predicted molar refractivity (Wildman–Crippen MR) is 119 cm³/mol. The van der Waals surface area contributed by atoms with E-state index in [4.69, 9.17) is 4.74 Å². The summed E-state index contributed by atoms with van der Waals surface area (Å²) in [6.07, 6.45) is 4.45. The predicted octanol–water partition coefficient (Wildman–Crippen LogP) is 3.27. The van der Waals surface area contributed by atoms with Gasteiger partial charge >= 0.3 is 6.03 Å². The van der Waals surface area contributed by atoms with Crippen LogP contribution in [0.5, 0.6) is 0 Å². The number of amides is 2. The lowest BCUT2D eigenvalue weighted by Gasteiger charge is -2.35. The Morgan fingerprint density at radius 3 is 2.37 bits per heavy atom. The molecule has 1 aliphatic carbocycles. The van der Waals surface area contributed by atoms with Crippen molar-refractivity contribution in [3.8, 4) is 0 Å². The Bertz CT molecular complexity index is 783. The third kappa shape index (κ3) is 6.18. The minimum atomic E-state index is -3.27. The third-order valence-electron chi connectivity index (χ3n) is 5.99. The van der Waals surface area contributed by atoms with E-state index in [1.165, 1.54) is 0 Å². The van der Waals surface area contributed by atoms with E-state index in [2.05, 4.69) is 29.4 Å². The van der Waals surface area contributed by atoms with Gasteiger partial charge in [0.1, 0.15) is 0 Å². The molecule has 1 aliphatic heterocycles. The summed E-state index contributed by atoms with van der Waals surface area (Å²) in [4.78, 5) is 15.1. The standard InChI is InChI=1S/C22H35N3O4S/c1-17(2)15-19(25-11-13-29-14-12-25)16-23-22(26)24-18-7-9-21(10-8-18)30(27,28)20-5-3-4-6-20/h7-10,17,19-20H,3-6,11-16H2,1-2H3,(H2,23,24,26)/t19-/m0/s1. The zero-order chi connectivity index (χ0) is 21.6. The highest BCUT2D eigenvalue weighted by atomic mass is 32.2. The fourth-order valence-corrected chi connectivity index (χ4v) is 6.21. The van der Waals surface area contributed by atoms with Gasteiger partial charge in [0, 0.05) is 31.4 Å². The number of morpholine rings is 1. The summed E-state index contributed by atoms with van der Waals surface area (Å²) in [5, 5.41) is 5.52. The van der Waals surface area contributed by atoms with Crippen LogP contribution < -0.4 is 10.6 Å². The molecule has 2 aliphatic rings. The van der Waals surface area contributed by atoms with Gasteiger partial charge in [-0.15, -0.1) is 0 Å². The van der Waals surface area contributed by atoms with Crippen LogP contribution in [-0.4, -0.2) is 63.5 Å². The normalized spacial score (nSPS) is 19.7. The van der Waals surface area contributed by atoms with Crippen molar-refractivity contribution < 1.29 is 17.9 Å². The average molecular weight is 438 g/mol. The van der Waals surface area contributed by atoms with Crippen molar-refractivity contribution in [2.24, 2.45) is 5.92 Å². The van der Waals surface area contributed by atoms with Crippen molar-refractivity contribution in [1.82, 2.24) is 10.2 Å². The van der Waals surface area contributed by atoms with Crippen LogP contribution in [-0.2, 0) is 14.6 Å². The van der Waals surface area contributed by atoms with Crippen molar-refractivity contribution in [3.63, 3.8) is 0 Å². The number of carbonyl (C=O) groups is 1. The third-order valence-corrected chi connectivity index (χ3v) is 8.26. The SMILES string of the molecule is CC(C)C[C@@H](CNC(=O)Nc1ccc(S(=O)(=O)C2CCCC2)cc1)N1CCOCC1. The Kier molecular flexibility index (Phi) is 8.13. The summed E-state index contributed by atoms with van der Waals surface area (Å²) >= 11 is 0. The van der Waals surface area contributed by atoms with E-state index in [1.54, 1.807) is 24.3 Å². The molecule has 0 unspecified atom stereocenters. The van der Waals surface area contributed by atoms with E-state index in [1.807, 2.05) is 0 Å². The first kappa shape index (κ1) is 23.0. The van der Waals surface area contributed by atoms with Crippen LogP contribution in [0.25, 0.3) is 0 Å². The Hall–Kier alpha value is -1.64. The van der Waals surface area contributed by atoms with Crippen molar-refractivity contribution >= 4 is 21.6 Å². The average Bonchev–Trinajstić information content (AvgIpc) is 3.28. The van der Waals surface area contributed by atoms with Gasteiger partial charge in [-0.05, 0) is 49.4 Å². The lowest BCUT2D eigenvalue weighted by atomic mass is 10.0. The number of urea groups is 1. The van der Waals surface area contributed by atoms with Crippen LogP contribution in [0.1, 0.15) is 46.0 Å². The molecular formula is C22H35N3O4S. The smallest absolute Gasteiger partial charge is 0.319 e. The highest BCUT2D eigenvalue weighted by molar-refractivity contribution is 7.92. The minimum Gasteiger partial charge on any atom is -0.379 e. The minimum absolute atomic E-state index is 0.266. The summed E-state index contributed by atoms with van der Waals surface area (Å²) in [6, 6.07) is 6.52. The van der Waals surface area contributed by atoms with Crippen molar-refractivity contribution in [2.45, 2.75) is 62.1 Å². The highest BCUT2D eigenvalue weighted by Gasteiger charge is 2.30. The maximum atomic E-state index is 12.7. The highest BCUT2D eigenvalue weighted by Crippen LogP contribution is 2.30. The van der Waals surface area contributed by atoms with Gasteiger partial charge in [-0.1, -0.05) is 26.7 Å². The lowest BCUT2D eigenvalue weighted by Crippen LogP contribution is -2.49. The summed E-state index contributed by atoms with van der Waals surface area (Å²) < 4.78 is 30.8. The number of sulfone groups is 1. The number of benzene rings is 1. The van der Waals surface area contributed by atoms with E-state index < -0.39 is 9.84 Å². The van der Waals surface area contributed by atoms with Gasteiger partial charge in [0.2, 0.25) is 0 Å². The fourth-order valence-electron chi connectivity index (χ4n) is 4.35. The van der Waals surface area contributed by atoms with E-state index >= 15 is 0 Å². The number of rotatable bonds is 8. The summed E-state index contributed by atoms with van der Waals surface area (Å²) in [6.45, 7) is 8.19. The van der Waals surface area contributed by atoms with Gasteiger partial charge in [0.25, 0.3) is 0 Å². The molecule has 7 nitrogen and oxygen atoms in total. The number of hydrogen-bond donors (Lipinski definition) is 2. The Labute approximate surface area is 180 Å². The fraction of sp³-hybridized carbons (Fsp3) is 0.682. The van der Waals surface area contributed by atoms with Crippen LogP contribution in [0.15, 0.2) is 29.2 Å². The van der Waals surface area contributed by atoms with E-state index in [0.717, 1.165) is 58.4 Å². The van der Waals surface area contributed by atoms with Gasteiger partial charge in [-0.2, -0.15) is 0 Å². The first-order chi connectivity index (χ1) is 14.4. The Morgan fingerprint density at radius 2 is 1.77 bits per heavy atom. The van der Waals surface area contributed by atoms with E-state index in [-0.39, 0.29) is 17.3 Å². The van der Waals surface area contributed by atoms with Gasteiger partial charge in [-0.25, -0.2) is 13.2 Å². The lowest BCUT2D eigenvalue weighted by molar-refractivity contribution is 0.0130. The molecule has 168 valence electrons. The molecule has 0 radical (unpaired) electrons. The molecule has 0 aromatic heterocycles. The first-order valence-corrected chi connectivity index (χ1v) is 12.6. The van der Waals surface area contributed by atoms with Crippen molar-refractivity contribution in [3.05, 3.63) is 24.3 Å². The molecule has 2 N–H and O–H groups in total. The quantitative estimate of drug-likeness (QED) is 0.652. The molecule has 0 spiro atoms. The second-order valence-electron chi connectivity index (χ2n) is 8.74. The molecule has 1 aromatic rings. The maximum absolute atomic E-state index is 12.7. The topological polar surface area (TPSA) is 87.7 Å². The van der Waals surface area contributed by atoms with E-state index in [0.29, 0.717) is 23.0 Å². The second-order valence-corrected chi connectivity index (χ2v) is 11.0. The maximum Gasteiger partial charge on any atom is 0.319 e. The molecule has 1 atom stereocenters. The summed E-state index contributed by atoms with van der Waals surface area (Å²) in [5.74, 6) is 0.539. The summed E-state index contributed by atoms with van der Waals surface area (Å²) in [7, 11) is -3.27. The number of carbonyl (C=O) groups excluding carboxylic acids is 1. The summed E-state index contributed by atoms with van der Waals surface area (Å²) in [5.41, 5.74) is 0.588. The molecule has 3 rings (SSSR count). The Balaban J connectivity index is 1.53.